The van der Waals surface area contributed by atoms with Gasteiger partial charge in [0.15, 0.2) is 0 Å². The molecule has 1 aromatic rings. The van der Waals surface area contributed by atoms with Gasteiger partial charge in [-0.1, -0.05) is 0 Å². The standard InChI is InChI=1S/C10H20N4/c1-11-8-9(12-2)10(8)13-6-5-7-14(3)4/h11,13H,5-7H2,1-4H3. The molecule has 0 amide bonds. The van der Waals surface area contributed by atoms with Gasteiger partial charge in [0.2, 0.25) is 0 Å². The molecular weight excluding hydrogens is 176 g/mol. The zero-order chi connectivity index (χ0) is 10.6. The van der Waals surface area contributed by atoms with Crippen molar-refractivity contribution in [1.29, 1.82) is 0 Å². The molecule has 0 saturated carbocycles. The third-order valence-corrected chi connectivity index (χ3v) is 2.22. The molecule has 0 aliphatic carbocycles. The van der Waals surface area contributed by atoms with Gasteiger partial charge in [-0.3, -0.25) is 4.99 Å². The molecule has 0 unspecified atom stereocenters. The molecule has 0 aliphatic rings. The molecule has 1 rings (SSSR count). The van der Waals surface area contributed by atoms with Crippen LogP contribution >= 0.6 is 0 Å². The molecule has 4 heteroatoms. The molecule has 4 nitrogen and oxygen atoms in total. The summed E-state index contributed by atoms with van der Waals surface area (Å²) < 4.78 is 0. The summed E-state index contributed by atoms with van der Waals surface area (Å²) in [6.45, 7) is 2.13. The SMILES string of the molecule is CN=c1c(NC)c1NCCCN(C)C. The highest BCUT2D eigenvalue weighted by Gasteiger charge is 2.16. The van der Waals surface area contributed by atoms with Crippen molar-refractivity contribution in [3.8, 4) is 0 Å². The number of nitrogens with zero attached hydrogens (tertiary/aromatic N) is 2. The summed E-state index contributed by atoms with van der Waals surface area (Å²) in [7, 11) is 7.93. The number of rotatable bonds is 6. The second-order valence-corrected chi connectivity index (χ2v) is 3.66. The van der Waals surface area contributed by atoms with E-state index in [4.69, 9.17) is 0 Å². The van der Waals surface area contributed by atoms with Crippen LogP contribution in [0.3, 0.4) is 0 Å². The van der Waals surface area contributed by atoms with E-state index in [0.29, 0.717) is 0 Å². The van der Waals surface area contributed by atoms with Crippen LogP contribution in [0.1, 0.15) is 6.42 Å². The van der Waals surface area contributed by atoms with Crippen LogP contribution in [0.5, 0.6) is 0 Å². The van der Waals surface area contributed by atoms with Crippen LogP contribution in [0.2, 0.25) is 0 Å². The van der Waals surface area contributed by atoms with Gasteiger partial charge in [0.05, 0.1) is 11.4 Å². The Morgan fingerprint density at radius 2 is 2.00 bits per heavy atom. The first kappa shape index (κ1) is 11.0. The smallest absolute Gasteiger partial charge is 0.108 e. The Kier molecular flexibility index (Phi) is 3.95. The molecule has 14 heavy (non-hydrogen) atoms. The van der Waals surface area contributed by atoms with E-state index in [0.717, 1.165) is 30.6 Å². The zero-order valence-electron chi connectivity index (χ0n) is 9.52. The summed E-state index contributed by atoms with van der Waals surface area (Å²) in [5, 5.41) is 7.58. The Morgan fingerprint density at radius 3 is 2.43 bits per heavy atom. The van der Waals surface area contributed by atoms with Crippen molar-refractivity contribution < 1.29 is 0 Å². The number of hydrogen-bond acceptors (Lipinski definition) is 4. The summed E-state index contributed by atoms with van der Waals surface area (Å²) >= 11 is 0. The van der Waals surface area contributed by atoms with E-state index in [9.17, 15) is 0 Å². The van der Waals surface area contributed by atoms with Crippen molar-refractivity contribution >= 4 is 11.4 Å². The van der Waals surface area contributed by atoms with Crippen LogP contribution in [0.4, 0.5) is 11.4 Å². The van der Waals surface area contributed by atoms with Crippen molar-refractivity contribution in [3.05, 3.63) is 5.36 Å². The van der Waals surface area contributed by atoms with Crippen molar-refractivity contribution in [2.45, 2.75) is 6.42 Å². The molecule has 0 aliphatic heterocycles. The van der Waals surface area contributed by atoms with Crippen molar-refractivity contribution in [2.75, 3.05) is 51.9 Å². The molecule has 0 atom stereocenters. The van der Waals surface area contributed by atoms with Gasteiger partial charge in [-0.05, 0) is 27.1 Å². The Morgan fingerprint density at radius 1 is 1.29 bits per heavy atom. The van der Waals surface area contributed by atoms with Gasteiger partial charge in [0.1, 0.15) is 5.36 Å². The molecule has 0 heterocycles. The van der Waals surface area contributed by atoms with Crippen LogP contribution in [-0.4, -0.2) is 46.2 Å². The molecule has 0 saturated heterocycles. The van der Waals surface area contributed by atoms with Gasteiger partial charge in [-0.25, -0.2) is 0 Å². The maximum absolute atomic E-state index is 4.15. The van der Waals surface area contributed by atoms with Gasteiger partial charge in [-0.2, -0.15) is 0 Å². The van der Waals surface area contributed by atoms with Gasteiger partial charge in [0.25, 0.3) is 0 Å². The summed E-state index contributed by atoms with van der Waals surface area (Å²) in [5.41, 5.74) is 2.35. The van der Waals surface area contributed by atoms with Crippen molar-refractivity contribution in [1.82, 2.24) is 4.90 Å². The monoisotopic (exact) mass is 196 g/mol. The van der Waals surface area contributed by atoms with E-state index in [1.165, 1.54) is 5.69 Å². The minimum Gasteiger partial charge on any atom is -0.385 e. The van der Waals surface area contributed by atoms with Gasteiger partial charge in [-0.15, -0.1) is 0 Å². The van der Waals surface area contributed by atoms with E-state index < -0.39 is 0 Å². The first-order chi connectivity index (χ1) is 6.70. The van der Waals surface area contributed by atoms with E-state index in [2.05, 4.69) is 34.6 Å². The first-order valence-electron chi connectivity index (χ1n) is 4.99. The summed E-state index contributed by atoms with van der Waals surface area (Å²) in [6.07, 6.45) is 1.16. The molecule has 0 spiro atoms. The maximum Gasteiger partial charge on any atom is 0.108 e. The highest BCUT2D eigenvalue weighted by atomic mass is 15.1. The Hall–Kier alpha value is -1.03. The quantitative estimate of drug-likeness (QED) is 0.651. The lowest BCUT2D eigenvalue weighted by atomic mass is 10.4. The lowest BCUT2D eigenvalue weighted by Gasteiger charge is -2.08. The van der Waals surface area contributed by atoms with Crippen molar-refractivity contribution in [2.24, 2.45) is 4.99 Å². The maximum atomic E-state index is 4.15. The van der Waals surface area contributed by atoms with Crippen LogP contribution < -0.4 is 16.0 Å². The molecular formula is C10H20N4. The highest BCUT2D eigenvalue weighted by molar-refractivity contribution is 5.82. The average Bonchev–Trinajstić information content (AvgIpc) is 2.84. The first-order valence-corrected chi connectivity index (χ1v) is 4.99. The summed E-state index contributed by atoms with van der Waals surface area (Å²) in [6, 6.07) is 0. The van der Waals surface area contributed by atoms with Crippen LogP contribution in [0.25, 0.3) is 0 Å². The Bertz CT molecular complexity index is 294. The van der Waals surface area contributed by atoms with E-state index in [-0.39, 0.29) is 0 Å². The van der Waals surface area contributed by atoms with Crippen LogP contribution in [0, 0.1) is 0 Å². The molecule has 80 valence electrons. The number of anilines is 2. The average molecular weight is 196 g/mol. The van der Waals surface area contributed by atoms with Crippen LogP contribution in [-0.2, 0) is 0 Å². The van der Waals surface area contributed by atoms with E-state index >= 15 is 0 Å². The summed E-state index contributed by atoms with van der Waals surface area (Å²) in [5.74, 6) is 0. The second kappa shape index (κ2) is 5.00. The van der Waals surface area contributed by atoms with E-state index in [1.54, 1.807) is 0 Å². The lowest BCUT2D eigenvalue weighted by molar-refractivity contribution is 0.405. The number of nitrogens with one attached hydrogen (secondary N) is 2. The highest BCUT2D eigenvalue weighted by Crippen LogP contribution is 2.22. The molecule has 0 fully saturated rings. The fraction of sp³-hybridized carbons (Fsp3) is 0.700. The third-order valence-electron chi connectivity index (χ3n) is 2.22. The molecule has 1 aromatic carbocycles. The fourth-order valence-corrected chi connectivity index (χ4v) is 1.43. The number of hydrogen-bond donors (Lipinski definition) is 2. The predicted octanol–water partition coefficient (Wildman–Crippen LogP) is 0.498. The minimum atomic E-state index is 1.01. The topological polar surface area (TPSA) is 39.7 Å². The third kappa shape index (κ3) is 2.73. The molecule has 0 radical (unpaired) electrons. The van der Waals surface area contributed by atoms with Gasteiger partial charge < -0.3 is 15.5 Å². The fourth-order valence-electron chi connectivity index (χ4n) is 1.43. The Balaban J connectivity index is 2.22. The second-order valence-electron chi connectivity index (χ2n) is 3.66. The van der Waals surface area contributed by atoms with Crippen molar-refractivity contribution in [3.63, 3.8) is 0 Å². The molecule has 0 aromatic heterocycles. The summed E-state index contributed by atoms with van der Waals surface area (Å²) in [4.78, 5) is 6.35. The Labute approximate surface area is 85.7 Å². The zero-order valence-corrected chi connectivity index (χ0v) is 9.52. The normalized spacial score (nSPS) is 12.8. The van der Waals surface area contributed by atoms with Crippen LogP contribution in [0.15, 0.2) is 4.99 Å². The minimum absolute atomic E-state index is 1.01. The van der Waals surface area contributed by atoms with E-state index in [1.807, 2.05) is 14.1 Å². The molecule has 2 N–H and O–H groups in total. The van der Waals surface area contributed by atoms with Gasteiger partial charge in [0, 0.05) is 20.6 Å². The lowest BCUT2D eigenvalue weighted by Crippen LogP contribution is -2.16. The predicted molar refractivity (Wildman–Crippen MR) is 61.5 cm³/mol. The molecule has 0 bridgehead atoms. The largest absolute Gasteiger partial charge is 0.385 e. The van der Waals surface area contributed by atoms with Gasteiger partial charge >= 0.3 is 0 Å².